The molecule has 0 spiro atoms. The minimum atomic E-state index is 0.699. The second-order valence-corrected chi connectivity index (χ2v) is 5.62. The number of nitrogens with zero attached hydrogens (tertiary/aromatic N) is 1. The van der Waals surface area contributed by atoms with Crippen molar-refractivity contribution in [2.45, 2.75) is 44.7 Å². The second kappa shape index (κ2) is 4.49. The third kappa shape index (κ3) is 2.19. The van der Waals surface area contributed by atoms with Gasteiger partial charge in [0.15, 0.2) is 12.2 Å². The highest BCUT2D eigenvalue weighted by Gasteiger charge is 2.22. The zero-order chi connectivity index (χ0) is 12.7. The molecule has 0 amide bonds. The molecular weight excluding hydrogens is 236 g/mol. The molecule has 98 valence electrons. The summed E-state index contributed by atoms with van der Waals surface area (Å²) in [6.45, 7) is 0.813. The standard InChI is InChI=1S/C16H18N2O/c1-2-11-4-5-13(8-12(11)3-1)16-15(18-10-19-16)9-17-14-6-7-14/h4-5,8,10,14,17H,1-3,6-7,9H2. The molecular formula is C16H18N2O. The summed E-state index contributed by atoms with van der Waals surface area (Å²) in [7, 11) is 0. The first-order valence-electron chi connectivity index (χ1n) is 7.18. The molecule has 3 nitrogen and oxygen atoms in total. The molecule has 0 atom stereocenters. The van der Waals surface area contributed by atoms with Crippen molar-refractivity contribution >= 4 is 0 Å². The van der Waals surface area contributed by atoms with Gasteiger partial charge in [-0.1, -0.05) is 12.1 Å². The predicted molar refractivity (Wildman–Crippen MR) is 73.8 cm³/mol. The van der Waals surface area contributed by atoms with Crippen molar-refractivity contribution in [3.05, 3.63) is 41.4 Å². The summed E-state index contributed by atoms with van der Waals surface area (Å²) in [4.78, 5) is 4.36. The van der Waals surface area contributed by atoms with Crippen LogP contribution in [-0.2, 0) is 19.4 Å². The molecule has 0 radical (unpaired) electrons. The number of aryl methyl sites for hydroxylation is 2. The molecule has 0 bridgehead atoms. The molecule has 1 aromatic carbocycles. The average molecular weight is 254 g/mol. The Morgan fingerprint density at radius 2 is 2.11 bits per heavy atom. The van der Waals surface area contributed by atoms with Gasteiger partial charge in [0.25, 0.3) is 0 Å². The van der Waals surface area contributed by atoms with Crippen LogP contribution >= 0.6 is 0 Å². The van der Waals surface area contributed by atoms with Gasteiger partial charge in [-0.3, -0.25) is 0 Å². The van der Waals surface area contributed by atoms with Crippen molar-refractivity contribution < 1.29 is 4.42 Å². The van der Waals surface area contributed by atoms with Crippen LogP contribution in [0.2, 0.25) is 0 Å². The predicted octanol–water partition coefficient (Wildman–Crippen LogP) is 3.08. The van der Waals surface area contributed by atoms with Gasteiger partial charge in [-0.25, -0.2) is 4.98 Å². The highest BCUT2D eigenvalue weighted by atomic mass is 16.3. The summed E-state index contributed by atoms with van der Waals surface area (Å²) in [5.41, 5.74) is 5.19. The fourth-order valence-corrected chi connectivity index (χ4v) is 2.87. The summed E-state index contributed by atoms with van der Waals surface area (Å²) in [5.74, 6) is 0.933. The number of oxazole rings is 1. The summed E-state index contributed by atoms with van der Waals surface area (Å²) in [6, 6.07) is 7.40. The lowest BCUT2D eigenvalue weighted by atomic mass is 10.0. The molecule has 2 aliphatic carbocycles. The lowest BCUT2D eigenvalue weighted by Gasteiger charge is -2.05. The lowest BCUT2D eigenvalue weighted by molar-refractivity contribution is 0.569. The fourth-order valence-electron chi connectivity index (χ4n) is 2.87. The third-order valence-corrected chi connectivity index (χ3v) is 4.14. The van der Waals surface area contributed by atoms with Crippen LogP contribution in [0.1, 0.15) is 36.1 Å². The molecule has 3 heteroatoms. The first-order valence-corrected chi connectivity index (χ1v) is 7.18. The molecule has 1 heterocycles. The van der Waals surface area contributed by atoms with E-state index >= 15 is 0 Å². The zero-order valence-electron chi connectivity index (χ0n) is 11.0. The SMILES string of the molecule is c1nc(CNC2CC2)c(-c2ccc3c(c2)CCC3)o1. The molecule has 0 unspecified atom stereocenters. The van der Waals surface area contributed by atoms with Gasteiger partial charge in [0.2, 0.25) is 0 Å². The van der Waals surface area contributed by atoms with E-state index in [1.54, 1.807) is 6.39 Å². The Labute approximate surface area is 113 Å². The van der Waals surface area contributed by atoms with Crippen molar-refractivity contribution in [1.82, 2.24) is 10.3 Å². The lowest BCUT2D eigenvalue weighted by Crippen LogP contribution is -2.15. The Morgan fingerprint density at radius 1 is 1.21 bits per heavy atom. The highest BCUT2D eigenvalue weighted by molar-refractivity contribution is 5.62. The number of aromatic nitrogens is 1. The second-order valence-electron chi connectivity index (χ2n) is 5.62. The maximum Gasteiger partial charge on any atom is 0.181 e. The van der Waals surface area contributed by atoms with E-state index in [1.807, 2.05) is 0 Å². The van der Waals surface area contributed by atoms with Gasteiger partial charge in [-0.15, -0.1) is 0 Å². The Kier molecular flexibility index (Phi) is 2.66. The van der Waals surface area contributed by atoms with Crippen molar-refractivity contribution in [3.8, 4) is 11.3 Å². The number of fused-ring (bicyclic) bond motifs is 1. The molecule has 1 fully saturated rings. The third-order valence-electron chi connectivity index (χ3n) is 4.14. The molecule has 1 aromatic heterocycles. The Bertz CT molecular complexity index is 599. The van der Waals surface area contributed by atoms with Crippen LogP contribution in [0.25, 0.3) is 11.3 Å². The van der Waals surface area contributed by atoms with Crippen LogP contribution in [-0.4, -0.2) is 11.0 Å². The van der Waals surface area contributed by atoms with Crippen LogP contribution in [0.5, 0.6) is 0 Å². The van der Waals surface area contributed by atoms with Gasteiger partial charge in [0.1, 0.15) is 5.69 Å². The molecule has 1 N–H and O–H groups in total. The normalized spacial score (nSPS) is 17.7. The number of nitrogens with one attached hydrogen (secondary N) is 1. The summed E-state index contributed by atoms with van der Waals surface area (Å²) in [5, 5.41) is 3.50. The van der Waals surface area contributed by atoms with Crippen LogP contribution in [0, 0.1) is 0 Å². The number of benzene rings is 1. The van der Waals surface area contributed by atoms with Gasteiger partial charge >= 0.3 is 0 Å². The van der Waals surface area contributed by atoms with E-state index in [1.165, 1.54) is 48.8 Å². The topological polar surface area (TPSA) is 38.1 Å². The Hall–Kier alpha value is -1.61. The summed E-state index contributed by atoms with van der Waals surface area (Å²) >= 11 is 0. The van der Waals surface area contributed by atoms with Gasteiger partial charge in [-0.2, -0.15) is 0 Å². The van der Waals surface area contributed by atoms with E-state index in [0.29, 0.717) is 6.04 Å². The minimum absolute atomic E-state index is 0.699. The van der Waals surface area contributed by atoms with Crippen molar-refractivity contribution in [2.75, 3.05) is 0 Å². The Morgan fingerprint density at radius 3 is 3.00 bits per heavy atom. The Balaban J connectivity index is 1.62. The van der Waals surface area contributed by atoms with Crippen molar-refractivity contribution in [3.63, 3.8) is 0 Å². The molecule has 19 heavy (non-hydrogen) atoms. The molecule has 2 aromatic rings. The number of hydrogen-bond acceptors (Lipinski definition) is 3. The summed E-state index contributed by atoms with van der Waals surface area (Å²) < 4.78 is 5.61. The summed E-state index contributed by atoms with van der Waals surface area (Å²) in [6.07, 6.45) is 7.87. The fraction of sp³-hybridized carbons (Fsp3) is 0.438. The van der Waals surface area contributed by atoms with Gasteiger partial charge in [-0.05, 0) is 49.3 Å². The molecule has 2 aliphatic rings. The van der Waals surface area contributed by atoms with Crippen molar-refractivity contribution in [1.29, 1.82) is 0 Å². The van der Waals surface area contributed by atoms with Gasteiger partial charge in [0.05, 0.1) is 0 Å². The monoisotopic (exact) mass is 254 g/mol. The minimum Gasteiger partial charge on any atom is -0.443 e. The van der Waals surface area contributed by atoms with Gasteiger partial charge < -0.3 is 9.73 Å². The first kappa shape index (κ1) is 11.2. The largest absolute Gasteiger partial charge is 0.443 e. The van der Waals surface area contributed by atoms with Gasteiger partial charge in [0, 0.05) is 18.2 Å². The van der Waals surface area contributed by atoms with E-state index < -0.39 is 0 Å². The first-order chi connectivity index (χ1) is 9.40. The molecule has 1 saturated carbocycles. The quantitative estimate of drug-likeness (QED) is 0.911. The van der Waals surface area contributed by atoms with Crippen LogP contribution < -0.4 is 5.32 Å². The van der Waals surface area contributed by atoms with Crippen LogP contribution in [0.4, 0.5) is 0 Å². The van der Waals surface area contributed by atoms with E-state index in [9.17, 15) is 0 Å². The number of rotatable bonds is 4. The molecule has 0 aliphatic heterocycles. The van der Waals surface area contributed by atoms with Crippen LogP contribution in [0.3, 0.4) is 0 Å². The average Bonchev–Trinajstić information content (AvgIpc) is 2.97. The van der Waals surface area contributed by atoms with E-state index in [0.717, 1.165) is 18.0 Å². The smallest absolute Gasteiger partial charge is 0.181 e. The maximum atomic E-state index is 5.61. The van der Waals surface area contributed by atoms with Crippen LogP contribution in [0.15, 0.2) is 29.0 Å². The molecule has 4 rings (SSSR count). The van der Waals surface area contributed by atoms with E-state index in [-0.39, 0.29) is 0 Å². The highest BCUT2D eigenvalue weighted by Crippen LogP contribution is 2.30. The molecule has 0 saturated heterocycles. The van der Waals surface area contributed by atoms with E-state index in [4.69, 9.17) is 4.42 Å². The zero-order valence-corrected chi connectivity index (χ0v) is 11.0. The van der Waals surface area contributed by atoms with E-state index in [2.05, 4.69) is 28.5 Å². The number of hydrogen-bond donors (Lipinski definition) is 1. The van der Waals surface area contributed by atoms with Crippen molar-refractivity contribution in [2.24, 2.45) is 0 Å². The maximum absolute atomic E-state index is 5.61.